The van der Waals surface area contributed by atoms with Gasteiger partial charge in [0, 0.05) is 30.2 Å². The van der Waals surface area contributed by atoms with Crippen LogP contribution in [0.1, 0.15) is 26.3 Å². The smallest absolute Gasteiger partial charge is 0.124 e. The van der Waals surface area contributed by atoms with Gasteiger partial charge in [-0.15, -0.1) is 0 Å². The second-order valence-corrected chi connectivity index (χ2v) is 6.64. The van der Waals surface area contributed by atoms with Crippen molar-refractivity contribution in [2.75, 3.05) is 26.9 Å². The van der Waals surface area contributed by atoms with Crippen LogP contribution in [-0.2, 0) is 11.3 Å². The lowest BCUT2D eigenvalue weighted by atomic mass is 9.94. The van der Waals surface area contributed by atoms with Gasteiger partial charge in [-0.2, -0.15) is 0 Å². The zero-order valence-electron chi connectivity index (χ0n) is 13.3. The number of benzene rings is 1. The second kappa shape index (κ2) is 8.73. The minimum absolute atomic E-state index is 0.135. The van der Waals surface area contributed by atoms with Gasteiger partial charge in [-0.3, -0.25) is 0 Å². The fraction of sp³-hybridized carbons (Fsp3) is 0.625. The van der Waals surface area contributed by atoms with Gasteiger partial charge in [0.1, 0.15) is 12.4 Å². The summed E-state index contributed by atoms with van der Waals surface area (Å²) in [6.07, 6.45) is 0. The average molecular weight is 360 g/mol. The average Bonchev–Trinajstić information content (AvgIpc) is 2.42. The van der Waals surface area contributed by atoms with Gasteiger partial charge in [0.25, 0.3) is 0 Å². The van der Waals surface area contributed by atoms with Crippen LogP contribution in [0.25, 0.3) is 0 Å². The number of halogens is 1. The van der Waals surface area contributed by atoms with Crippen LogP contribution in [0.15, 0.2) is 22.7 Å². The van der Waals surface area contributed by atoms with Gasteiger partial charge in [-0.05, 0) is 31.0 Å². The topological polar surface area (TPSA) is 50.7 Å². The maximum Gasteiger partial charge on any atom is 0.124 e. The van der Waals surface area contributed by atoms with E-state index in [1.807, 2.05) is 32.0 Å². The molecule has 0 aliphatic carbocycles. The molecule has 1 aromatic carbocycles. The molecule has 21 heavy (non-hydrogen) atoms. The first-order chi connectivity index (χ1) is 9.86. The van der Waals surface area contributed by atoms with Crippen LogP contribution in [0.4, 0.5) is 0 Å². The molecule has 120 valence electrons. The summed E-state index contributed by atoms with van der Waals surface area (Å²) in [5.74, 6) is 0.931. The number of rotatable bonds is 9. The number of methoxy groups -OCH3 is 1. The molecular formula is C16H26BrNO3. The van der Waals surface area contributed by atoms with Crippen molar-refractivity contribution in [1.29, 1.82) is 0 Å². The third-order valence-electron chi connectivity index (χ3n) is 3.58. The molecule has 0 radical (unpaired) electrons. The molecule has 0 spiro atoms. The lowest BCUT2D eigenvalue weighted by molar-refractivity contribution is -0.0268. The third-order valence-corrected chi connectivity index (χ3v) is 4.08. The van der Waals surface area contributed by atoms with E-state index in [4.69, 9.17) is 9.47 Å². The molecule has 1 unspecified atom stereocenters. The van der Waals surface area contributed by atoms with E-state index in [0.717, 1.165) is 22.3 Å². The summed E-state index contributed by atoms with van der Waals surface area (Å²) in [5, 5.41) is 13.6. The van der Waals surface area contributed by atoms with Crippen LogP contribution in [-0.4, -0.2) is 37.6 Å². The zero-order valence-corrected chi connectivity index (χ0v) is 14.9. The molecule has 5 heteroatoms. The van der Waals surface area contributed by atoms with Crippen LogP contribution < -0.4 is 10.1 Å². The largest absolute Gasteiger partial charge is 0.490 e. The Morgan fingerprint density at radius 3 is 2.71 bits per heavy atom. The number of aliphatic hydroxyl groups is 1. The van der Waals surface area contributed by atoms with E-state index in [1.165, 1.54) is 0 Å². The Morgan fingerprint density at radius 2 is 2.10 bits per heavy atom. The van der Waals surface area contributed by atoms with E-state index in [-0.39, 0.29) is 12.5 Å². The second-order valence-electron chi connectivity index (χ2n) is 5.72. The molecule has 0 fully saturated rings. The molecule has 0 bridgehead atoms. The molecule has 1 rings (SSSR count). The van der Waals surface area contributed by atoms with Gasteiger partial charge < -0.3 is 19.9 Å². The maximum atomic E-state index is 10.3. The maximum absolute atomic E-state index is 10.3. The number of hydrogen-bond acceptors (Lipinski definition) is 4. The summed E-state index contributed by atoms with van der Waals surface area (Å²) in [4.78, 5) is 0. The summed E-state index contributed by atoms with van der Waals surface area (Å²) in [6.45, 7) is 8.20. The van der Waals surface area contributed by atoms with Crippen molar-refractivity contribution in [2.24, 2.45) is 5.92 Å². The first-order valence-corrected chi connectivity index (χ1v) is 7.99. The van der Waals surface area contributed by atoms with Crippen molar-refractivity contribution in [2.45, 2.75) is 32.9 Å². The van der Waals surface area contributed by atoms with E-state index in [1.54, 1.807) is 14.0 Å². The van der Waals surface area contributed by atoms with Gasteiger partial charge in [0.05, 0.1) is 12.2 Å². The molecule has 0 aliphatic heterocycles. The molecule has 0 amide bonds. The molecular weight excluding hydrogens is 334 g/mol. The van der Waals surface area contributed by atoms with Crippen molar-refractivity contribution in [3.63, 3.8) is 0 Å². The van der Waals surface area contributed by atoms with E-state index in [9.17, 15) is 5.11 Å². The van der Waals surface area contributed by atoms with Gasteiger partial charge in [-0.1, -0.05) is 29.8 Å². The van der Waals surface area contributed by atoms with Crippen molar-refractivity contribution in [3.05, 3.63) is 28.2 Å². The monoisotopic (exact) mass is 359 g/mol. The first kappa shape index (κ1) is 18.4. The summed E-state index contributed by atoms with van der Waals surface area (Å²) in [7, 11) is 1.68. The fourth-order valence-corrected chi connectivity index (χ4v) is 2.02. The molecule has 0 aliphatic rings. The van der Waals surface area contributed by atoms with Crippen molar-refractivity contribution in [3.8, 4) is 5.75 Å². The number of ether oxygens (including phenoxy) is 2. The summed E-state index contributed by atoms with van der Waals surface area (Å²) < 4.78 is 11.9. The Kier molecular flexibility index (Phi) is 7.66. The minimum atomic E-state index is -0.839. The summed E-state index contributed by atoms with van der Waals surface area (Å²) in [6, 6.07) is 5.89. The predicted octanol–water partition coefficient (Wildman–Crippen LogP) is 2.97. The number of hydrogen-bond donors (Lipinski definition) is 2. The molecule has 0 aromatic heterocycles. The Hall–Kier alpha value is -0.620. The standard InChI is InChI=1S/C16H26BrNO3/c1-12(2)16(3,19)11-21-15-6-5-14(17)9-13(15)10-18-7-8-20-4/h5-6,9,12,18-19H,7-8,10-11H2,1-4H3. The molecule has 0 saturated heterocycles. The highest BCUT2D eigenvalue weighted by atomic mass is 79.9. The quantitative estimate of drug-likeness (QED) is 0.665. The number of nitrogens with one attached hydrogen (secondary N) is 1. The molecule has 4 nitrogen and oxygen atoms in total. The molecule has 0 heterocycles. The summed E-state index contributed by atoms with van der Waals surface area (Å²) in [5.41, 5.74) is 0.216. The lowest BCUT2D eigenvalue weighted by Gasteiger charge is -2.28. The van der Waals surface area contributed by atoms with E-state index >= 15 is 0 Å². The van der Waals surface area contributed by atoms with Crippen LogP contribution in [0, 0.1) is 5.92 Å². The lowest BCUT2D eigenvalue weighted by Crippen LogP contribution is -2.38. The zero-order chi connectivity index (χ0) is 15.9. The van der Waals surface area contributed by atoms with Crippen molar-refractivity contribution < 1.29 is 14.6 Å². The van der Waals surface area contributed by atoms with Crippen LogP contribution >= 0.6 is 15.9 Å². The first-order valence-electron chi connectivity index (χ1n) is 7.20. The summed E-state index contributed by atoms with van der Waals surface area (Å²) >= 11 is 3.48. The Labute approximate surface area is 136 Å². The highest BCUT2D eigenvalue weighted by Gasteiger charge is 2.26. The Balaban J connectivity index is 2.68. The highest BCUT2D eigenvalue weighted by Crippen LogP contribution is 2.25. The fourth-order valence-electron chi connectivity index (χ4n) is 1.61. The Morgan fingerprint density at radius 1 is 1.38 bits per heavy atom. The SMILES string of the molecule is COCCNCc1cc(Br)ccc1OCC(C)(O)C(C)C. The van der Waals surface area contributed by atoms with Crippen LogP contribution in [0.5, 0.6) is 5.75 Å². The molecule has 2 N–H and O–H groups in total. The minimum Gasteiger partial charge on any atom is -0.490 e. The van der Waals surface area contributed by atoms with Crippen molar-refractivity contribution in [1.82, 2.24) is 5.32 Å². The molecule has 1 aromatic rings. The van der Waals surface area contributed by atoms with E-state index in [0.29, 0.717) is 13.2 Å². The van der Waals surface area contributed by atoms with Gasteiger partial charge in [0.15, 0.2) is 0 Å². The normalized spacial score (nSPS) is 14.2. The van der Waals surface area contributed by atoms with E-state index < -0.39 is 5.60 Å². The highest BCUT2D eigenvalue weighted by molar-refractivity contribution is 9.10. The van der Waals surface area contributed by atoms with Crippen LogP contribution in [0.3, 0.4) is 0 Å². The molecule has 0 saturated carbocycles. The van der Waals surface area contributed by atoms with Crippen molar-refractivity contribution >= 4 is 15.9 Å². The third kappa shape index (κ3) is 6.34. The predicted molar refractivity (Wildman–Crippen MR) is 88.7 cm³/mol. The molecule has 1 atom stereocenters. The Bertz CT molecular complexity index is 436. The van der Waals surface area contributed by atoms with Gasteiger partial charge >= 0.3 is 0 Å². The van der Waals surface area contributed by atoms with Gasteiger partial charge in [-0.25, -0.2) is 0 Å². The van der Waals surface area contributed by atoms with E-state index in [2.05, 4.69) is 21.2 Å². The van der Waals surface area contributed by atoms with Crippen LogP contribution in [0.2, 0.25) is 0 Å². The van der Waals surface area contributed by atoms with Gasteiger partial charge in [0.2, 0.25) is 0 Å².